The highest BCUT2D eigenvalue weighted by molar-refractivity contribution is 7.92. The van der Waals surface area contributed by atoms with Crippen molar-refractivity contribution in [1.29, 1.82) is 0 Å². The van der Waals surface area contributed by atoms with Crippen LogP contribution >= 0.6 is 34.5 Å². The molecule has 2 aromatic carbocycles. The van der Waals surface area contributed by atoms with Gasteiger partial charge in [-0.3, -0.25) is 9.10 Å². The summed E-state index contributed by atoms with van der Waals surface area (Å²) in [7, 11) is -3.53. The van der Waals surface area contributed by atoms with E-state index in [0.717, 1.165) is 17.4 Å². The third-order valence-corrected chi connectivity index (χ3v) is 6.92. The van der Waals surface area contributed by atoms with Crippen LogP contribution in [0.4, 0.5) is 10.8 Å². The Morgan fingerprint density at radius 1 is 1.10 bits per heavy atom. The largest absolute Gasteiger partial charge is 0.301 e. The summed E-state index contributed by atoms with van der Waals surface area (Å²) in [5, 5.41) is 12.9. The van der Waals surface area contributed by atoms with Gasteiger partial charge in [0.1, 0.15) is 5.01 Å². The van der Waals surface area contributed by atoms with Gasteiger partial charge in [0.25, 0.3) is 0 Å². The Kier molecular flexibility index (Phi) is 7.53. The quantitative estimate of drug-likeness (QED) is 0.471. The molecule has 164 valence electrons. The second kappa shape index (κ2) is 9.95. The molecular formula is C20H20Cl2N4O3S2. The number of aromatic nitrogens is 2. The highest BCUT2D eigenvalue weighted by Gasteiger charge is 2.20. The Morgan fingerprint density at radius 2 is 1.77 bits per heavy atom. The number of hydrogen-bond donors (Lipinski definition) is 1. The van der Waals surface area contributed by atoms with Gasteiger partial charge in [-0.05, 0) is 43.2 Å². The summed E-state index contributed by atoms with van der Waals surface area (Å²) in [5.41, 5.74) is 2.14. The van der Waals surface area contributed by atoms with Crippen LogP contribution in [0.25, 0.3) is 10.6 Å². The Hall–Kier alpha value is -2.20. The van der Waals surface area contributed by atoms with Gasteiger partial charge < -0.3 is 5.32 Å². The molecule has 0 bridgehead atoms. The summed E-state index contributed by atoms with van der Waals surface area (Å²) in [6.07, 6.45) is 1.59. The fourth-order valence-corrected chi connectivity index (χ4v) is 4.94. The summed E-state index contributed by atoms with van der Waals surface area (Å²) in [6, 6.07) is 12.2. The first-order valence-electron chi connectivity index (χ1n) is 9.26. The second-order valence-electron chi connectivity index (χ2n) is 6.84. The van der Waals surface area contributed by atoms with Crippen LogP contribution in [-0.2, 0) is 14.8 Å². The highest BCUT2D eigenvalue weighted by Crippen LogP contribution is 2.28. The van der Waals surface area contributed by atoms with Crippen molar-refractivity contribution in [2.75, 3.05) is 22.4 Å². The van der Waals surface area contributed by atoms with E-state index in [2.05, 4.69) is 15.5 Å². The molecule has 1 amide bonds. The minimum Gasteiger partial charge on any atom is -0.301 e. The lowest BCUT2D eigenvalue weighted by atomic mass is 10.2. The van der Waals surface area contributed by atoms with E-state index in [1.54, 1.807) is 30.3 Å². The molecule has 7 nitrogen and oxygen atoms in total. The normalized spacial score (nSPS) is 11.4. The molecule has 0 aliphatic heterocycles. The van der Waals surface area contributed by atoms with Crippen molar-refractivity contribution < 1.29 is 13.2 Å². The molecule has 1 N–H and O–H groups in total. The van der Waals surface area contributed by atoms with E-state index in [1.807, 2.05) is 19.1 Å². The van der Waals surface area contributed by atoms with Crippen LogP contribution in [0.15, 0.2) is 42.5 Å². The number of amides is 1. The fourth-order valence-electron chi connectivity index (χ4n) is 2.86. The molecule has 0 spiro atoms. The van der Waals surface area contributed by atoms with Gasteiger partial charge in [0, 0.05) is 28.6 Å². The number of benzene rings is 2. The van der Waals surface area contributed by atoms with Crippen molar-refractivity contribution in [1.82, 2.24) is 10.2 Å². The summed E-state index contributed by atoms with van der Waals surface area (Å²) in [6.45, 7) is 1.96. The first kappa shape index (κ1) is 23.5. The monoisotopic (exact) mass is 498 g/mol. The molecule has 0 saturated carbocycles. The molecule has 1 aromatic heterocycles. The Labute approximate surface area is 195 Å². The second-order valence-corrected chi connectivity index (χ2v) is 10.6. The molecule has 0 saturated heterocycles. The zero-order valence-corrected chi connectivity index (χ0v) is 19.9. The molecular weight excluding hydrogens is 479 g/mol. The third kappa shape index (κ3) is 6.39. The number of nitrogens with one attached hydrogen (secondary N) is 1. The van der Waals surface area contributed by atoms with Gasteiger partial charge in [0.05, 0.1) is 11.9 Å². The average molecular weight is 499 g/mol. The zero-order valence-electron chi connectivity index (χ0n) is 16.8. The van der Waals surface area contributed by atoms with Crippen LogP contribution in [0, 0.1) is 6.92 Å². The number of hydrogen-bond acceptors (Lipinski definition) is 6. The van der Waals surface area contributed by atoms with Crippen LogP contribution in [-0.4, -0.2) is 37.3 Å². The van der Waals surface area contributed by atoms with Crippen molar-refractivity contribution in [3.63, 3.8) is 0 Å². The van der Waals surface area contributed by atoms with Crippen LogP contribution in [0.3, 0.4) is 0 Å². The predicted octanol–water partition coefficient (Wildman–Crippen LogP) is 5.01. The van der Waals surface area contributed by atoms with Gasteiger partial charge in [-0.15, -0.1) is 10.2 Å². The highest BCUT2D eigenvalue weighted by atomic mass is 35.5. The number of sulfonamides is 1. The van der Waals surface area contributed by atoms with Gasteiger partial charge in [-0.2, -0.15) is 0 Å². The van der Waals surface area contributed by atoms with Crippen molar-refractivity contribution in [2.45, 2.75) is 19.8 Å². The molecule has 31 heavy (non-hydrogen) atoms. The maximum Gasteiger partial charge on any atom is 0.232 e. The van der Waals surface area contributed by atoms with E-state index in [-0.39, 0.29) is 18.9 Å². The lowest BCUT2D eigenvalue weighted by molar-refractivity contribution is -0.116. The van der Waals surface area contributed by atoms with E-state index >= 15 is 0 Å². The van der Waals surface area contributed by atoms with Crippen LogP contribution in [0.2, 0.25) is 10.0 Å². The summed E-state index contributed by atoms with van der Waals surface area (Å²) >= 11 is 13.2. The first-order valence-corrected chi connectivity index (χ1v) is 12.7. The summed E-state index contributed by atoms with van der Waals surface area (Å²) in [4.78, 5) is 12.3. The van der Waals surface area contributed by atoms with Crippen LogP contribution in [0.1, 0.15) is 18.4 Å². The number of rotatable bonds is 8. The van der Waals surface area contributed by atoms with Crippen molar-refractivity contribution in [3.8, 4) is 10.6 Å². The maximum absolute atomic E-state index is 12.3. The molecule has 0 aliphatic rings. The molecule has 11 heteroatoms. The topological polar surface area (TPSA) is 92.3 Å². The van der Waals surface area contributed by atoms with E-state index < -0.39 is 10.0 Å². The number of carbonyl (C=O) groups is 1. The lowest BCUT2D eigenvalue weighted by Gasteiger charge is -2.24. The molecule has 0 unspecified atom stereocenters. The van der Waals surface area contributed by atoms with Crippen LogP contribution in [0.5, 0.6) is 0 Å². The molecule has 0 fully saturated rings. The molecule has 3 rings (SSSR count). The number of halogens is 2. The lowest BCUT2D eigenvalue weighted by Crippen LogP contribution is -2.32. The molecule has 0 radical (unpaired) electrons. The SMILES string of the molecule is Cc1ccc(Cl)cc1N(CCCC(=O)Nc1nnc(-c2ccc(Cl)cc2)s1)S(C)(=O)=O. The number of aryl methyl sites for hydroxylation is 1. The van der Waals surface area contributed by atoms with E-state index in [4.69, 9.17) is 23.2 Å². The Bertz CT molecular complexity index is 1180. The van der Waals surface area contributed by atoms with Gasteiger partial charge in [0.15, 0.2) is 0 Å². The third-order valence-electron chi connectivity index (χ3n) is 4.37. The standard InChI is InChI=1S/C20H20Cl2N4O3S2/c1-13-5-8-16(22)12-17(13)26(31(2,28)29)11-3-4-18(27)23-20-25-24-19(30-20)14-6-9-15(21)10-7-14/h5-10,12H,3-4,11H2,1-2H3,(H,23,25,27). The van der Waals surface area contributed by atoms with Crippen molar-refractivity contribution >= 4 is 61.3 Å². The first-order chi connectivity index (χ1) is 14.6. The van der Waals surface area contributed by atoms with E-state index in [9.17, 15) is 13.2 Å². The van der Waals surface area contributed by atoms with Crippen molar-refractivity contribution in [3.05, 3.63) is 58.1 Å². The van der Waals surface area contributed by atoms with Crippen LogP contribution < -0.4 is 9.62 Å². The minimum atomic E-state index is -3.53. The van der Waals surface area contributed by atoms with Crippen molar-refractivity contribution in [2.24, 2.45) is 0 Å². The van der Waals surface area contributed by atoms with Gasteiger partial charge in [0.2, 0.25) is 21.1 Å². The zero-order chi connectivity index (χ0) is 22.6. The van der Waals surface area contributed by atoms with E-state index in [0.29, 0.717) is 32.3 Å². The molecule has 0 atom stereocenters. The van der Waals surface area contributed by atoms with Gasteiger partial charge >= 0.3 is 0 Å². The number of carbonyl (C=O) groups excluding carboxylic acids is 1. The average Bonchev–Trinajstić information content (AvgIpc) is 3.15. The number of nitrogens with zero attached hydrogens (tertiary/aromatic N) is 3. The Balaban J connectivity index is 1.60. The molecule has 1 heterocycles. The van der Waals surface area contributed by atoms with E-state index in [1.165, 1.54) is 15.6 Å². The maximum atomic E-state index is 12.3. The van der Waals surface area contributed by atoms with Gasteiger partial charge in [-0.1, -0.05) is 52.7 Å². The summed E-state index contributed by atoms with van der Waals surface area (Å²) < 4.78 is 25.8. The minimum absolute atomic E-state index is 0.126. The number of anilines is 2. The molecule has 3 aromatic rings. The Morgan fingerprint density at radius 3 is 2.45 bits per heavy atom. The predicted molar refractivity (Wildman–Crippen MR) is 127 cm³/mol. The fraction of sp³-hybridized carbons (Fsp3) is 0.250. The summed E-state index contributed by atoms with van der Waals surface area (Å²) in [5.74, 6) is -0.268. The van der Waals surface area contributed by atoms with Gasteiger partial charge in [-0.25, -0.2) is 8.42 Å². The molecule has 0 aliphatic carbocycles. The smallest absolute Gasteiger partial charge is 0.232 e.